The van der Waals surface area contributed by atoms with Crippen LogP contribution in [0.5, 0.6) is 0 Å². The lowest BCUT2D eigenvalue weighted by atomic mass is 9.84. The number of rotatable bonds is 2. The van der Waals surface area contributed by atoms with Gasteiger partial charge in [0.2, 0.25) is 0 Å². The number of aromatic nitrogens is 1. The molecule has 3 nitrogen and oxygen atoms in total. The van der Waals surface area contributed by atoms with Crippen molar-refractivity contribution in [2.75, 3.05) is 27.7 Å². The van der Waals surface area contributed by atoms with Gasteiger partial charge >= 0.3 is 0 Å². The summed E-state index contributed by atoms with van der Waals surface area (Å²) in [5, 5.41) is 1.13. The lowest BCUT2D eigenvalue weighted by Gasteiger charge is -2.30. The van der Waals surface area contributed by atoms with E-state index in [0.717, 1.165) is 34.8 Å². The molecule has 3 rings (SSSR count). The van der Waals surface area contributed by atoms with E-state index in [1.54, 1.807) is 0 Å². The number of hydrogen-bond donors (Lipinski definition) is 0. The molecule has 1 aromatic carbocycles. The highest BCUT2D eigenvalue weighted by molar-refractivity contribution is 6.11. The average molecular weight is 398 g/mol. The van der Waals surface area contributed by atoms with Crippen molar-refractivity contribution < 1.29 is 33.3 Å². The van der Waals surface area contributed by atoms with Gasteiger partial charge in [0.05, 0.1) is 33.6 Å². The van der Waals surface area contributed by atoms with Crippen molar-refractivity contribution in [1.29, 1.82) is 0 Å². The third-order valence-corrected chi connectivity index (χ3v) is 4.34. The molecule has 21 heavy (non-hydrogen) atoms. The molecule has 0 amide bonds. The summed E-state index contributed by atoms with van der Waals surface area (Å²) in [6.07, 6.45) is 1.99. The van der Waals surface area contributed by atoms with Crippen LogP contribution in [0.3, 0.4) is 0 Å². The van der Waals surface area contributed by atoms with E-state index in [-0.39, 0.29) is 29.9 Å². The lowest BCUT2D eigenvalue weighted by molar-refractivity contribution is -0.872. The fraction of sp³-hybridized carbons (Fsp3) is 0.471. The van der Waals surface area contributed by atoms with Crippen molar-refractivity contribution in [2.24, 2.45) is 13.0 Å². The molecule has 0 spiro atoms. The zero-order valence-corrected chi connectivity index (χ0v) is 15.3. The summed E-state index contributed by atoms with van der Waals surface area (Å²) in [5.41, 5.74) is 3.37. The summed E-state index contributed by atoms with van der Waals surface area (Å²) < 4.78 is 3.04. The third kappa shape index (κ3) is 2.88. The van der Waals surface area contributed by atoms with E-state index in [1.807, 2.05) is 12.1 Å². The molecular formula is C17H23IN2O. The molecule has 1 atom stereocenters. The molecular weight excluding hydrogens is 375 g/mol. The van der Waals surface area contributed by atoms with E-state index >= 15 is 0 Å². The number of hydrogen-bond acceptors (Lipinski definition) is 1. The monoisotopic (exact) mass is 398 g/mol. The summed E-state index contributed by atoms with van der Waals surface area (Å²) in [6.45, 7) is 0.918. The van der Waals surface area contributed by atoms with Crippen LogP contribution in [0, 0.1) is 5.92 Å². The summed E-state index contributed by atoms with van der Waals surface area (Å²) >= 11 is 0. The van der Waals surface area contributed by atoms with Gasteiger partial charge in [0.15, 0.2) is 5.78 Å². The number of fused-ring (bicyclic) bond motifs is 3. The quantitative estimate of drug-likeness (QED) is 0.500. The first-order valence-corrected chi connectivity index (χ1v) is 7.29. The minimum absolute atomic E-state index is 0. The topological polar surface area (TPSA) is 22.0 Å². The fourth-order valence-corrected chi connectivity index (χ4v) is 3.50. The molecule has 0 bridgehead atoms. The molecule has 1 aromatic heterocycles. The van der Waals surface area contributed by atoms with Crippen molar-refractivity contribution >= 4 is 16.7 Å². The van der Waals surface area contributed by atoms with Crippen LogP contribution in [0.1, 0.15) is 22.5 Å². The Kier molecular flexibility index (Phi) is 4.49. The van der Waals surface area contributed by atoms with Crippen LogP contribution in [0.15, 0.2) is 24.3 Å². The van der Waals surface area contributed by atoms with Gasteiger partial charge in [-0.3, -0.25) is 4.79 Å². The van der Waals surface area contributed by atoms with Crippen molar-refractivity contribution in [3.63, 3.8) is 0 Å². The number of aryl methyl sites for hydroxylation is 1. The molecule has 0 saturated heterocycles. The van der Waals surface area contributed by atoms with E-state index in [2.05, 4.69) is 44.9 Å². The number of nitrogens with zero attached hydrogens (tertiary/aromatic N) is 2. The van der Waals surface area contributed by atoms with Crippen LogP contribution in [-0.4, -0.2) is 42.5 Å². The Labute approximate surface area is 143 Å². The van der Waals surface area contributed by atoms with Crippen LogP contribution >= 0.6 is 0 Å². The smallest absolute Gasteiger partial charge is 0.174 e. The molecule has 1 unspecified atom stereocenters. The zero-order valence-electron chi connectivity index (χ0n) is 13.2. The largest absolute Gasteiger partial charge is 1.00 e. The number of benzene rings is 1. The van der Waals surface area contributed by atoms with Crippen molar-refractivity contribution in [2.45, 2.75) is 12.8 Å². The predicted molar refractivity (Wildman–Crippen MR) is 82.0 cm³/mol. The number of Topliss-reactive ketones (excluding diaryl/α,β-unsaturated/α-hetero) is 1. The zero-order chi connectivity index (χ0) is 14.5. The Balaban J connectivity index is 0.00000161. The van der Waals surface area contributed by atoms with Crippen LogP contribution in [0.2, 0.25) is 0 Å². The first-order chi connectivity index (χ1) is 9.38. The second-order valence-electron chi connectivity index (χ2n) is 6.97. The minimum atomic E-state index is 0. The fourth-order valence-electron chi connectivity index (χ4n) is 3.50. The first kappa shape index (κ1) is 16.5. The van der Waals surface area contributed by atoms with E-state index in [1.165, 1.54) is 11.2 Å². The first-order valence-electron chi connectivity index (χ1n) is 7.29. The maximum Gasteiger partial charge on any atom is 0.174 e. The molecule has 0 saturated carbocycles. The normalized spacial score (nSPS) is 18.5. The Hall–Kier alpha value is -0.880. The number of carbonyl (C=O) groups excluding carboxylic acids is 1. The predicted octanol–water partition coefficient (Wildman–Crippen LogP) is -0.366. The van der Waals surface area contributed by atoms with E-state index in [9.17, 15) is 4.79 Å². The summed E-state index contributed by atoms with van der Waals surface area (Å²) in [4.78, 5) is 12.9. The van der Waals surface area contributed by atoms with Crippen LogP contribution < -0.4 is 24.0 Å². The number of para-hydroxylation sites is 1. The van der Waals surface area contributed by atoms with E-state index in [0.29, 0.717) is 5.78 Å². The molecule has 4 heteroatoms. The van der Waals surface area contributed by atoms with Gasteiger partial charge in [-0.25, -0.2) is 0 Å². The van der Waals surface area contributed by atoms with Crippen molar-refractivity contribution in [1.82, 2.24) is 4.57 Å². The Bertz CT molecular complexity index is 682. The lowest BCUT2D eigenvalue weighted by Crippen LogP contribution is -3.00. The second kappa shape index (κ2) is 5.72. The number of halogens is 1. The van der Waals surface area contributed by atoms with E-state index in [4.69, 9.17) is 0 Å². The molecule has 1 aliphatic rings. The van der Waals surface area contributed by atoms with Gasteiger partial charge in [0.1, 0.15) is 0 Å². The SMILES string of the molecule is Cn1c2c(c3ccccc31)C(=O)C(C[N+](C)(C)C)CC2.[I-]. The Morgan fingerprint density at radius 1 is 1.24 bits per heavy atom. The molecule has 0 fully saturated rings. The van der Waals surface area contributed by atoms with Gasteiger partial charge in [0.25, 0.3) is 0 Å². The van der Waals surface area contributed by atoms with Gasteiger partial charge in [-0.15, -0.1) is 0 Å². The van der Waals surface area contributed by atoms with Crippen LogP contribution in [0.25, 0.3) is 10.9 Å². The number of quaternary nitrogens is 1. The summed E-state index contributed by atoms with van der Waals surface area (Å²) in [7, 11) is 8.55. The second-order valence-corrected chi connectivity index (χ2v) is 6.97. The Morgan fingerprint density at radius 2 is 1.90 bits per heavy atom. The standard InChI is InChI=1S/C17H23N2O.HI/c1-18-14-8-6-5-7-13(14)16-15(18)10-9-12(17(16)20)11-19(2,3)4;/h5-8,12H,9-11H2,1-4H3;1H/q+1;/p-1. The van der Waals surface area contributed by atoms with Gasteiger partial charge < -0.3 is 33.0 Å². The summed E-state index contributed by atoms with van der Waals surface area (Å²) in [5.74, 6) is 0.504. The maximum absolute atomic E-state index is 12.9. The molecule has 0 N–H and O–H groups in total. The van der Waals surface area contributed by atoms with Gasteiger partial charge in [-0.05, 0) is 18.9 Å². The number of carbonyl (C=O) groups is 1. The van der Waals surface area contributed by atoms with E-state index < -0.39 is 0 Å². The molecule has 2 aromatic rings. The Morgan fingerprint density at radius 3 is 2.57 bits per heavy atom. The van der Waals surface area contributed by atoms with Gasteiger partial charge in [0, 0.05) is 29.2 Å². The van der Waals surface area contributed by atoms with Crippen LogP contribution in [-0.2, 0) is 13.5 Å². The van der Waals surface area contributed by atoms with Gasteiger partial charge in [-0.2, -0.15) is 0 Å². The highest BCUT2D eigenvalue weighted by Crippen LogP contribution is 2.34. The summed E-state index contributed by atoms with van der Waals surface area (Å²) in [6, 6.07) is 8.26. The van der Waals surface area contributed by atoms with Crippen molar-refractivity contribution in [3.8, 4) is 0 Å². The molecule has 0 radical (unpaired) electrons. The van der Waals surface area contributed by atoms with Crippen LogP contribution in [0.4, 0.5) is 0 Å². The highest BCUT2D eigenvalue weighted by atomic mass is 127. The molecule has 114 valence electrons. The molecule has 1 heterocycles. The maximum atomic E-state index is 12.9. The molecule has 0 aliphatic heterocycles. The highest BCUT2D eigenvalue weighted by Gasteiger charge is 2.34. The van der Waals surface area contributed by atoms with Crippen molar-refractivity contribution in [3.05, 3.63) is 35.5 Å². The number of ketones is 1. The van der Waals surface area contributed by atoms with Gasteiger partial charge in [-0.1, -0.05) is 18.2 Å². The molecule has 1 aliphatic carbocycles. The third-order valence-electron chi connectivity index (χ3n) is 4.34. The minimum Gasteiger partial charge on any atom is -1.00 e. The average Bonchev–Trinajstić information content (AvgIpc) is 2.66.